The second-order valence-corrected chi connectivity index (χ2v) is 5.69. The minimum atomic E-state index is -0.112. The van der Waals surface area contributed by atoms with Gasteiger partial charge in [-0.1, -0.05) is 12.1 Å². The molecule has 118 valence electrons. The van der Waals surface area contributed by atoms with E-state index in [9.17, 15) is 9.59 Å². The number of fused-ring (bicyclic) bond motifs is 1. The van der Waals surface area contributed by atoms with Crippen molar-refractivity contribution in [2.75, 3.05) is 26.8 Å². The molecule has 1 aromatic rings. The molecule has 22 heavy (non-hydrogen) atoms. The van der Waals surface area contributed by atoms with Crippen LogP contribution in [-0.2, 0) is 20.9 Å². The summed E-state index contributed by atoms with van der Waals surface area (Å²) in [4.78, 5) is 25.8. The molecule has 0 spiro atoms. The molecule has 2 amide bonds. The van der Waals surface area contributed by atoms with Crippen molar-refractivity contribution in [3.05, 3.63) is 35.4 Å². The number of carbonyl (C=O) groups excluding carboxylic acids is 2. The van der Waals surface area contributed by atoms with E-state index in [4.69, 9.17) is 9.47 Å². The van der Waals surface area contributed by atoms with E-state index >= 15 is 0 Å². The fourth-order valence-electron chi connectivity index (χ4n) is 2.98. The molecule has 2 aliphatic heterocycles. The van der Waals surface area contributed by atoms with Crippen LogP contribution in [-0.4, -0.2) is 55.7 Å². The van der Waals surface area contributed by atoms with Crippen LogP contribution < -0.4 is 5.32 Å². The van der Waals surface area contributed by atoms with Gasteiger partial charge in [-0.15, -0.1) is 0 Å². The molecule has 2 heterocycles. The zero-order chi connectivity index (χ0) is 15.5. The minimum absolute atomic E-state index is 0.0118. The third-order valence-electron chi connectivity index (χ3n) is 4.12. The van der Waals surface area contributed by atoms with E-state index in [2.05, 4.69) is 5.32 Å². The van der Waals surface area contributed by atoms with Crippen molar-refractivity contribution in [1.82, 2.24) is 10.2 Å². The number of rotatable bonds is 3. The van der Waals surface area contributed by atoms with Crippen molar-refractivity contribution in [3.63, 3.8) is 0 Å². The molecule has 0 unspecified atom stereocenters. The summed E-state index contributed by atoms with van der Waals surface area (Å²) in [5, 5.41) is 2.91. The molecule has 0 saturated carbocycles. The van der Waals surface area contributed by atoms with E-state index in [-0.39, 0.29) is 30.6 Å². The zero-order valence-electron chi connectivity index (χ0n) is 12.6. The van der Waals surface area contributed by atoms with Gasteiger partial charge in [0, 0.05) is 25.8 Å². The van der Waals surface area contributed by atoms with Gasteiger partial charge in [0.25, 0.3) is 5.91 Å². The molecular weight excluding hydrogens is 284 g/mol. The monoisotopic (exact) mass is 304 g/mol. The van der Waals surface area contributed by atoms with E-state index in [0.717, 1.165) is 12.0 Å². The topological polar surface area (TPSA) is 67.9 Å². The van der Waals surface area contributed by atoms with E-state index in [1.54, 1.807) is 12.0 Å². The fourth-order valence-corrected chi connectivity index (χ4v) is 2.98. The predicted octanol–water partition coefficient (Wildman–Crippen LogP) is 0.562. The van der Waals surface area contributed by atoms with Gasteiger partial charge in [0.2, 0.25) is 5.91 Å². The first kappa shape index (κ1) is 15.0. The van der Waals surface area contributed by atoms with Gasteiger partial charge < -0.3 is 19.7 Å². The Morgan fingerprint density at radius 2 is 2.18 bits per heavy atom. The highest BCUT2D eigenvalue weighted by molar-refractivity contribution is 5.94. The molecule has 3 rings (SSSR count). The number of carbonyl (C=O) groups is 2. The van der Waals surface area contributed by atoms with Gasteiger partial charge in [0.15, 0.2) is 0 Å². The van der Waals surface area contributed by atoms with E-state index in [1.807, 2.05) is 24.3 Å². The number of hydrogen-bond donors (Lipinski definition) is 1. The summed E-state index contributed by atoms with van der Waals surface area (Å²) in [6.07, 6.45) is 0.768. The van der Waals surface area contributed by atoms with Gasteiger partial charge in [0.1, 0.15) is 6.61 Å². The lowest BCUT2D eigenvalue weighted by Gasteiger charge is -2.41. The molecule has 2 atom stereocenters. The summed E-state index contributed by atoms with van der Waals surface area (Å²) >= 11 is 0. The van der Waals surface area contributed by atoms with Crippen LogP contribution in [0.1, 0.15) is 22.3 Å². The number of likely N-dealkylation sites (tertiary alicyclic amines) is 1. The Morgan fingerprint density at radius 3 is 2.91 bits per heavy atom. The van der Waals surface area contributed by atoms with Crippen molar-refractivity contribution in [3.8, 4) is 0 Å². The first-order chi connectivity index (χ1) is 10.7. The van der Waals surface area contributed by atoms with Crippen molar-refractivity contribution >= 4 is 11.8 Å². The second-order valence-electron chi connectivity index (χ2n) is 5.69. The lowest BCUT2D eigenvalue weighted by molar-refractivity contribution is -0.139. The maximum Gasteiger partial charge on any atom is 0.253 e. The highest BCUT2D eigenvalue weighted by Gasteiger charge is 2.36. The van der Waals surface area contributed by atoms with Crippen molar-refractivity contribution in [2.45, 2.75) is 25.2 Å². The first-order valence-electron chi connectivity index (χ1n) is 7.45. The average molecular weight is 304 g/mol. The highest BCUT2D eigenvalue weighted by atomic mass is 16.5. The Hall–Kier alpha value is -1.92. The third kappa shape index (κ3) is 3.13. The zero-order valence-corrected chi connectivity index (χ0v) is 12.6. The summed E-state index contributed by atoms with van der Waals surface area (Å²) in [7, 11) is 1.64. The number of nitrogens with zero attached hydrogens (tertiary/aromatic N) is 1. The van der Waals surface area contributed by atoms with Gasteiger partial charge in [-0.3, -0.25) is 9.59 Å². The summed E-state index contributed by atoms with van der Waals surface area (Å²) in [5.41, 5.74) is 1.69. The Kier molecular flexibility index (Phi) is 4.40. The molecular formula is C16H20N2O4. The van der Waals surface area contributed by atoms with Gasteiger partial charge in [-0.05, 0) is 24.1 Å². The Labute approximate surface area is 129 Å². The maximum atomic E-state index is 12.6. The standard InChI is InChI=1S/C16H20N2O4/c1-21-9-11-2-4-12(5-3-11)16(20)18-7-6-14-13(8-18)17-15(19)10-22-14/h2-5,13-14H,6-10H2,1H3,(H,17,19)/t13-,14+/m0/s1. The Morgan fingerprint density at radius 1 is 1.41 bits per heavy atom. The van der Waals surface area contributed by atoms with Crippen molar-refractivity contribution in [1.29, 1.82) is 0 Å². The molecule has 2 aliphatic rings. The largest absolute Gasteiger partial charge is 0.380 e. The van der Waals surface area contributed by atoms with Crippen LogP contribution in [0.25, 0.3) is 0 Å². The molecule has 2 saturated heterocycles. The molecule has 0 aromatic heterocycles. The van der Waals surface area contributed by atoms with Crippen LogP contribution in [0.2, 0.25) is 0 Å². The third-order valence-corrected chi connectivity index (χ3v) is 4.12. The van der Waals surface area contributed by atoms with Crippen LogP contribution in [0.4, 0.5) is 0 Å². The number of nitrogens with one attached hydrogen (secondary N) is 1. The molecule has 0 radical (unpaired) electrons. The van der Waals surface area contributed by atoms with Gasteiger partial charge >= 0.3 is 0 Å². The summed E-state index contributed by atoms with van der Waals surface area (Å²) < 4.78 is 10.6. The smallest absolute Gasteiger partial charge is 0.253 e. The minimum Gasteiger partial charge on any atom is -0.380 e. The number of piperidine rings is 1. The molecule has 6 heteroatoms. The fraction of sp³-hybridized carbons (Fsp3) is 0.500. The number of benzene rings is 1. The summed E-state index contributed by atoms with van der Waals surface area (Å²) in [6, 6.07) is 7.33. The molecule has 0 aliphatic carbocycles. The average Bonchev–Trinajstić information content (AvgIpc) is 2.54. The lowest BCUT2D eigenvalue weighted by atomic mass is 9.99. The van der Waals surface area contributed by atoms with Crippen LogP contribution in [0.3, 0.4) is 0 Å². The lowest BCUT2D eigenvalue weighted by Crippen LogP contribution is -2.61. The second kappa shape index (κ2) is 6.46. The van der Waals surface area contributed by atoms with Crippen LogP contribution in [0.5, 0.6) is 0 Å². The van der Waals surface area contributed by atoms with Gasteiger partial charge in [-0.2, -0.15) is 0 Å². The molecule has 1 N–H and O–H groups in total. The summed E-state index contributed by atoms with van der Waals surface area (Å²) in [6.45, 7) is 1.80. The van der Waals surface area contributed by atoms with Gasteiger partial charge in [-0.25, -0.2) is 0 Å². The van der Waals surface area contributed by atoms with Crippen LogP contribution in [0.15, 0.2) is 24.3 Å². The van der Waals surface area contributed by atoms with Crippen molar-refractivity contribution in [2.24, 2.45) is 0 Å². The Balaban J connectivity index is 1.66. The highest BCUT2D eigenvalue weighted by Crippen LogP contribution is 2.19. The number of ether oxygens (including phenoxy) is 2. The van der Waals surface area contributed by atoms with E-state index in [1.165, 1.54) is 0 Å². The number of methoxy groups -OCH3 is 1. The van der Waals surface area contributed by atoms with E-state index in [0.29, 0.717) is 25.3 Å². The first-order valence-corrected chi connectivity index (χ1v) is 7.45. The SMILES string of the molecule is COCc1ccc(C(=O)N2CC[C@H]3OCC(=O)N[C@H]3C2)cc1. The maximum absolute atomic E-state index is 12.6. The van der Waals surface area contributed by atoms with Crippen LogP contribution in [0, 0.1) is 0 Å². The summed E-state index contributed by atoms with van der Waals surface area (Å²) in [5.74, 6) is -0.123. The van der Waals surface area contributed by atoms with E-state index < -0.39 is 0 Å². The Bertz CT molecular complexity index is 558. The molecule has 6 nitrogen and oxygen atoms in total. The number of morpholine rings is 1. The quantitative estimate of drug-likeness (QED) is 0.886. The number of amides is 2. The normalized spacial score (nSPS) is 24.6. The molecule has 2 fully saturated rings. The predicted molar refractivity (Wildman–Crippen MR) is 79.3 cm³/mol. The molecule has 0 bridgehead atoms. The van der Waals surface area contributed by atoms with Gasteiger partial charge in [0.05, 0.1) is 18.8 Å². The number of hydrogen-bond acceptors (Lipinski definition) is 4. The van der Waals surface area contributed by atoms with Crippen LogP contribution >= 0.6 is 0 Å². The molecule has 1 aromatic carbocycles. The van der Waals surface area contributed by atoms with Crippen molar-refractivity contribution < 1.29 is 19.1 Å².